The van der Waals surface area contributed by atoms with Crippen LogP contribution in [-0.4, -0.2) is 29.3 Å². The van der Waals surface area contributed by atoms with Gasteiger partial charge in [-0.15, -0.1) is 0 Å². The van der Waals surface area contributed by atoms with Crippen LogP contribution in [0.25, 0.3) is 0 Å². The van der Waals surface area contributed by atoms with Crippen LogP contribution in [-0.2, 0) is 0 Å². The van der Waals surface area contributed by atoms with E-state index in [9.17, 15) is 4.79 Å². The summed E-state index contributed by atoms with van der Waals surface area (Å²) in [4.78, 5) is 10.4. The van der Waals surface area contributed by atoms with Gasteiger partial charge in [0.2, 0.25) is 5.76 Å². The first kappa shape index (κ1) is 10.6. The van der Waals surface area contributed by atoms with Crippen molar-refractivity contribution in [1.29, 1.82) is 0 Å². The maximum Gasteiger partial charge on any atom is 0.371 e. The Bertz CT molecular complexity index is 295. The van der Waals surface area contributed by atoms with Crippen molar-refractivity contribution in [2.45, 2.75) is 12.8 Å². The number of aliphatic hydroxyl groups is 1. The first-order chi connectivity index (χ1) is 6.74. The number of unbranched alkanes of at least 4 members (excludes halogenated alkanes) is 1. The van der Waals surface area contributed by atoms with Crippen molar-refractivity contribution in [3.05, 3.63) is 17.9 Å². The highest BCUT2D eigenvalue weighted by Gasteiger charge is 2.07. The summed E-state index contributed by atoms with van der Waals surface area (Å²) < 4.78 is 4.95. The molecule has 78 valence electrons. The van der Waals surface area contributed by atoms with E-state index in [4.69, 9.17) is 14.6 Å². The molecule has 0 aromatic carbocycles. The second kappa shape index (κ2) is 5.29. The summed E-state index contributed by atoms with van der Waals surface area (Å²) in [6, 6.07) is 2.97. The van der Waals surface area contributed by atoms with E-state index in [1.54, 1.807) is 6.07 Å². The third kappa shape index (κ3) is 3.10. The van der Waals surface area contributed by atoms with Crippen molar-refractivity contribution in [1.82, 2.24) is 0 Å². The first-order valence-corrected chi connectivity index (χ1v) is 4.42. The van der Waals surface area contributed by atoms with E-state index < -0.39 is 5.97 Å². The number of carbonyl (C=O) groups is 1. The molecule has 3 N–H and O–H groups in total. The summed E-state index contributed by atoms with van der Waals surface area (Å²) in [5.41, 5.74) is 0. The van der Waals surface area contributed by atoms with Gasteiger partial charge in [-0.05, 0) is 18.9 Å². The average Bonchev–Trinajstić information content (AvgIpc) is 2.61. The molecule has 0 bridgehead atoms. The Hall–Kier alpha value is -1.49. The highest BCUT2D eigenvalue weighted by molar-refractivity contribution is 5.84. The Morgan fingerprint density at radius 2 is 2.21 bits per heavy atom. The van der Waals surface area contributed by atoms with Crippen molar-refractivity contribution in [2.24, 2.45) is 0 Å². The average molecular weight is 199 g/mol. The van der Waals surface area contributed by atoms with Crippen LogP contribution in [0.1, 0.15) is 23.4 Å². The summed E-state index contributed by atoms with van der Waals surface area (Å²) >= 11 is 0. The van der Waals surface area contributed by atoms with Crippen LogP contribution in [0.15, 0.2) is 16.5 Å². The van der Waals surface area contributed by atoms with Crippen LogP contribution < -0.4 is 5.32 Å². The molecule has 1 aromatic heterocycles. The third-order valence-corrected chi connectivity index (χ3v) is 1.70. The monoisotopic (exact) mass is 199 g/mol. The Morgan fingerprint density at radius 3 is 2.79 bits per heavy atom. The van der Waals surface area contributed by atoms with Crippen molar-refractivity contribution in [3.63, 3.8) is 0 Å². The number of carboxylic acids is 1. The van der Waals surface area contributed by atoms with Gasteiger partial charge >= 0.3 is 5.97 Å². The van der Waals surface area contributed by atoms with Gasteiger partial charge in [-0.1, -0.05) is 0 Å². The topological polar surface area (TPSA) is 82.7 Å². The van der Waals surface area contributed by atoms with Gasteiger partial charge in [0.15, 0.2) is 5.88 Å². The van der Waals surface area contributed by atoms with Crippen molar-refractivity contribution in [2.75, 3.05) is 18.5 Å². The molecule has 1 aromatic rings. The standard InChI is InChI=1S/C9H13NO4/c11-6-2-1-5-10-8-4-3-7(14-8)9(12)13/h3-4,10-11H,1-2,5-6H2,(H,12,13). The van der Waals surface area contributed by atoms with Crippen LogP contribution in [0.2, 0.25) is 0 Å². The second-order valence-corrected chi connectivity index (χ2v) is 2.83. The lowest BCUT2D eigenvalue weighted by molar-refractivity contribution is 0.0663. The van der Waals surface area contributed by atoms with Gasteiger partial charge in [-0.3, -0.25) is 0 Å². The molecule has 0 radical (unpaired) electrons. The van der Waals surface area contributed by atoms with E-state index in [1.165, 1.54) is 6.07 Å². The molecular formula is C9H13NO4. The van der Waals surface area contributed by atoms with E-state index in [1.807, 2.05) is 0 Å². The zero-order chi connectivity index (χ0) is 10.4. The molecule has 0 saturated heterocycles. The lowest BCUT2D eigenvalue weighted by atomic mass is 10.3. The molecule has 0 amide bonds. The number of aromatic carboxylic acids is 1. The van der Waals surface area contributed by atoms with Gasteiger partial charge in [0.1, 0.15) is 0 Å². The van der Waals surface area contributed by atoms with Crippen LogP contribution in [0.3, 0.4) is 0 Å². The van der Waals surface area contributed by atoms with E-state index in [0.29, 0.717) is 12.4 Å². The fourth-order valence-electron chi connectivity index (χ4n) is 0.996. The van der Waals surface area contributed by atoms with Crippen LogP contribution in [0.5, 0.6) is 0 Å². The number of hydrogen-bond acceptors (Lipinski definition) is 4. The molecule has 1 heterocycles. The van der Waals surface area contributed by atoms with Gasteiger partial charge in [-0.25, -0.2) is 4.79 Å². The molecule has 0 atom stereocenters. The SMILES string of the molecule is O=C(O)c1ccc(NCCCCO)o1. The summed E-state index contributed by atoms with van der Waals surface area (Å²) in [5, 5.41) is 20.0. The first-order valence-electron chi connectivity index (χ1n) is 4.42. The summed E-state index contributed by atoms with van der Waals surface area (Å²) in [7, 11) is 0. The molecule has 0 fully saturated rings. The minimum atomic E-state index is -1.08. The van der Waals surface area contributed by atoms with Crippen molar-refractivity contribution in [3.8, 4) is 0 Å². The molecule has 0 saturated carbocycles. The fraction of sp³-hybridized carbons (Fsp3) is 0.444. The van der Waals surface area contributed by atoms with E-state index in [0.717, 1.165) is 12.8 Å². The Kier molecular flexibility index (Phi) is 4.00. The number of nitrogens with one attached hydrogen (secondary N) is 1. The minimum absolute atomic E-state index is 0.0744. The van der Waals surface area contributed by atoms with E-state index >= 15 is 0 Å². The molecule has 5 nitrogen and oxygen atoms in total. The van der Waals surface area contributed by atoms with Crippen LogP contribution in [0.4, 0.5) is 5.88 Å². The summed E-state index contributed by atoms with van der Waals surface area (Å²) in [6.45, 7) is 0.827. The van der Waals surface area contributed by atoms with Gasteiger partial charge in [0.05, 0.1) is 0 Å². The molecule has 1 rings (SSSR count). The van der Waals surface area contributed by atoms with E-state index in [-0.39, 0.29) is 12.4 Å². The maximum absolute atomic E-state index is 10.4. The van der Waals surface area contributed by atoms with Crippen molar-refractivity contribution < 1.29 is 19.4 Å². The number of furan rings is 1. The number of rotatable bonds is 6. The predicted octanol–water partition coefficient (Wildman–Crippen LogP) is 1.16. The van der Waals surface area contributed by atoms with Crippen LogP contribution >= 0.6 is 0 Å². The third-order valence-electron chi connectivity index (χ3n) is 1.70. The molecule has 0 aliphatic heterocycles. The quantitative estimate of drug-likeness (QED) is 0.599. The Balaban J connectivity index is 2.33. The van der Waals surface area contributed by atoms with Crippen molar-refractivity contribution >= 4 is 11.9 Å². The second-order valence-electron chi connectivity index (χ2n) is 2.83. The highest BCUT2D eigenvalue weighted by atomic mass is 16.4. The number of anilines is 1. The van der Waals surface area contributed by atoms with Gasteiger partial charge in [-0.2, -0.15) is 0 Å². The van der Waals surface area contributed by atoms with E-state index in [2.05, 4.69) is 5.32 Å². The molecule has 0 spiro atoms. The number of aliphatic hydroxyl groups excluding tert-OH is 1. The Labute approximate surface area is 81.4 Å². The highest BCUT2D eigenvalue weighted by Crippen LogP contribution is 2.12. The molecule has 0 aliphatic rings. The van der Waals surface area contributed by atoms with Gasteiger partial charge < -0.3 is 19.9 Å². The Morgan fingerprint density at radius 1 is 1.43 bits per heavy atom. The number of carboxylic acid groups (broad SMARTS) is 1. The maximum atomic E-state index is 10.4. The van der Waals surface area contributed by atoms with Crippen LogP contribution in [0, 0.1) is 0 Å². The zero-order valence-corrected chi connectivity index (χ0v) is 7.69. The molecule has 0 unspecified atom stereocenters. The largest absolute Gasteiger partial charge is 0.475 e. The minimum Gasteiger partial charge on any atom is -0.475 e. The zero-order valence-electron chi connectivity index (χ0n) is 7.69. The predicted molar refractivity (Wildman–Crippen MR) is 50.5 cm³/mol. The summed E-state index contributed by atoms with van der Waals surface area (Å²) in [6.07, 6.45) is 1.54. The normalized spacial score (nSPS) is 10.1. The molecule has 0 aliphatic carbocycles. The summed E-state index contributed by atoms with van der Waals surface area (Å²) in [5.74, 6) is -0.705. The smallest absolute Gasteiger partial charge is 0.371 e. The number of hydrogen-bond donors (Lipinski definition) is 3. The molecular weight excluding hydrogens is 186 g/mol. The fourth-order valence-corrected chi connectivity index (χ4v) is 0.996. The lowest BCUT2D eigenvalue weighted by Gasteiger charge is -2.00. The molecule has 5 heteroatoms. The lowest BCUT2D eigenvalue weighted by Crippen LogP contribution is -2.01. The van der Waals surface area contributed by atoms with Gasteiger partial charge in [0.25, 0.3) is 0 Å². The molecule has 14 heavy (non-hydrogen) atoms. The van der Waals surface area contributed by atoms with Gasteiger partial charge in [0, 0.05) is 19.2 Å².